The summed E-state index contributed by atoms with van der Waals surface area (Å²) in [7, 11) is 0. The minimum atomic E-state index is -1.77. The Kier molecular flexibility index (Phi) is 27.1. The van der Waals surface area contributed by atoms with Gasteiger partial charge in [-0.05, 0) is 19.3 Å². The second-order valence-electron chi connectivity index (χ2n) is 13.7. The zero-order chi connectivity index (χ0) is 44.9. The third-order valence-electron chi connectivity index (χ3n) is 8.76. The highest BCUT2D eigenvalue weighted by Gasteiger charge is 2.27. The first-order chi connectivity index (χ1) is 28.4. The van der Waals surface area contributed by atoms with Gasteiger partial charge in [0.1, 0.15) is 6.04 Å². The second kappa shape index (κ2) is 30.8. The van der Waals surface area contributed by atoms with E-state index in [1.807, 2.05) is 5.32 Å². The van der Waals surface area contributed by atoms with E-state index in [1.54, 1.807) is 19.6 Å². The van der Waals surface area contributed by atoms with E-state index >= 15 is 0 Å². The molecule has 0 radical (unpaired) electrons. The number of hydrogen-bond acceptors (Lipinski definition) is 16. The zero-order valence-electron chi connectivity index (χ0n) is 33.5. The molecule has 0 spiro atoms. The smallest absolute Gasteiger partial charge is 0.408 e. The van der Waals surface area contributed by atoms with E-state index in [-0.39, 0.29) is 136 Å². The average Bonchev–Trinajstić information content (AvgIpc) is 3.15. The van der Waals surface area contributed by atoms with E-state index < -0.39 is 66.9 Å². The molecule has 1 aliphatic heterocycles. The number of alkyl carbamates (subject to hydrolysis) is 1. The van der Waals surface area contributed by atoms with Crippen LogP contribution in [0.5, 0.6) is 0 Å². The molecule has 0 aromatic heterocycles. The summed E-state index contributed by atoms with van der Waals surface area (Å²) in [6.45, 7) is 2.33. The summed E-state index contributed by atoms with van der Waals surface area (Å²) in [4.78, 5) is 111. The highest BCUT2D eigenvalue weighted by Crippen LogP contribution is 2.07. The van der Waals surface area contributed by atoms with Gasteiger partial charge in [0.15, 0.2) is 0 Å². The molecule has 9 N–H and O–H groups in total. The number of unbranched alkanes of at least 4 members (excludes halogenated alkanes) is 1. The van der Waals surface area contributed by atoms with Gasteiger partial charge in [0.05, 0.1) is 52.6 Å². The number of ether oxygens (including phenoxy) is 3. The minimum absolute atomic E-state index is 0.0373. The SMILES string of the molecule is O=C(O)CCC(OC(=O)NC(CCCCNC(=O)CCOCCOCCNC(=O)CN1CCN(CC(=O)O)CCN(CC(=O)O)CCN(CC(=O)O)CC1)C(=O)O)C(=O)O. The van der Waals surface area contributed by atoms with Crippen LogP contribution in [0.3, 0.4) is 0 Å². The van der Waals surface area contributed by atoms with Gasteiger partial charge in [0.25, 0.3) is 0 Å². The number of carbonyl (C=O) groups excluding carboxylic acids is 3. The first-order valence-corrected chi connectivity index (χ1v) is 19.3. The quantitative estimate of drug-likeness (QED) is 0.0334. The molecule has 60 heavy (non-hydrogen) atoms. The van der Waals surface area contributed by atoms with Gasteiger partial charge in [-0.3, -0.25) is 48.4 Å². The Hall–Kier alpha value is -5.21. The summed E-state index contributed by atoms with van der Waals surface area (Å²) in [5.41, 5.74) is 0. The molecule has 0 bridgehead atoms. The number of nitrogens with one attached hydrogen (secondary N) is 3. The van der Waals surface area contributed by atoms with Crippen LogP contribution in [-0.4, -0.2) is 234 Å². The topological polar surface area (TPSA) is 352 Å². The number of carboxylic acids is 6. The molecule has 25 nitrogen and oxygen atoms in total. The highest BCUT2D eigenvalue weighted by atomic mass is 16.6. The van der Waals surface area contributed by atoms with Crippen molar-refractivity contribution in [2.75, 3.05) is 118 Å². The predicted molar refractivity (Wildman–Crippen MR) is 204 cm³/mol. The Labute approximate surface area is 345 Å². The average molecular weight is 866 g/mol. The van der Waals surface area contributed by atoms with Gasteiger partial charge >= 0.3 is 41.9 Å². The summed E-state index contributed by atoms with van der Waals surface area (Å²) >= 11 is 0. The van der Waals surface area contributed by atoms with E-state index in [4.69, 9.17) is 19.7 Å². The zero-order valence-corrected chi connectivity index (χ0v) is 33.5. The fourth-order valence-corrected chi connectivity index (χ4v) is 5.63. The highest BCUT2D eigenvalue weighted by molar-refractivity contribution is 5.82. The minimum Gasteiger partial charge on any atom is -0.481 e. The number of rotatable bonds is 29. The maximum atomic E-state index is 12.8. The van der Waals surface area contributed by atoms with Crippen LogP contribution in [0.4, 0.5) is 4.79 Å². The molecule has 3 amide bonds. The summed E-state index contributed by atoms with van der Waals surface area (Å²) in [6, 6.07) is -1.41. The lowest BCUT2D eigenvalue weighted by Crippen LogP contribution is -2.50. The maximum absolute atomic E-state index is 12.8. The lowest BCUT2D eigenvalue weighted by molar-refractivity contribution is -0.148. The normalized spacial score (nSPS) is 15.9. The van der Waals surface area contributed by atoms with E-state index in [1.165, 1.54) is 0 Å². The van der Waals surface area contributed by atoms with E-state index in [0.717, 1.165) is 0 Å². The molecule has 2 atom stereocenters. The van der Waals surface area contributed by atoms with Crippen molar-refractivity contribution in [3.8, 4) is 0 Å². The Morgan fingerprint density at radius 3 is 1.40 bits per heavy atom. The third kappa shape index (κ3) is 27.5. The van der Waals surface area contributed by atoms with E-state index in [2.05, 4.69) is 15.4 Å². The molecule has 0 aromatic rings. The van der Waals surface area contributed by atoms with Gasteiger partial charge in [-0.1, -0.05) is 0 Å². The van der Waals surface area contributed by atoms with Crippen LogP contribution in [-0.2, 0) is 52.6 Å². The number of amides is 3. The van der Waals surface area contributed by atoms with Gasteiger partial charge in [0, 0.05) is 84.7 Å². The third-order valence-corrected chi connectivity index (χ3v) is 8.76. The van der Waals surface area contributed by atoms with E-state index in [9.17, 15) is 63.6 Å². The molecule has 2 unspecified atom stereocenters. The number of nitrogens with zero attached hydrogens (tertiary/aromatic N) is 4. The molecule has 1 heterocycles. The van der Waals surface area contributed by atoms with Gasteiger partial charge in [-0.15, -0.1) is 0 Å². The first-order valence-electron chi connectivity index (χ1n) is 19.3. The molecule has 1 saturated heterocycles. The van der Waals surface area contributed by atoms with Crippen LogP contribution in [0, 0.1) is 0 Å². The van der Waals surface area contributed by atoms with Crippen molar-refractivity contribution >= 4 is 53.7 Å². The van der Waals surface area contributed by atoms with Gasteiger partial charge < -0.3 is 60.8 Å². The van der Waals surface area contributed by atoms with Crippen LogP contribution in [0.15, 0.2) is 0 Å². The molecule has 0 saturated carbocycles. The van der Waals surface area contributed by atoms with Crippen molar-refractivity contribution in [1.82, 2.24) is 35.6 Å². The predicted octanol–water partition coefficient (Wildman–Crippen LogP) is -3.21. The number of carboxylic acid groups (broad SMARTS) is 6. The molecular weight excluding hydrogens is 806 g/mol. The van der Waals surface area contributed by atoms with Crippen molar-refractivity contribution in [3.63, 3.8) is 0 Å². The van der Waals surface area contributed by atoms with Crippen LogP contribution in [0.2, 0.25) is 0 Å². The Morgan fingerprint density at radius 2 is 0.950 bits per heavy atom. The van der Waals surface area contributed by atoms with Crippen LogP contribution in [0.1, 0.15) is 38.5 Å². The fraction of sp³-hybridized carbons (Fsp3) is 0.743. The summed E-state index contributed by atoms with van der Waals surface area (Å²) in [5, 5.41) is 62.6. The molecule has 1 rings (SSSR count). The molecular formula is C35H59N7O18. The van der Waals surface area contributed by atoms with Crippen molar-refractivity contribution in [2.24, 2.45) is 0 Å². The van der Waals surface area contributed by atoms with Crippen LogP contribution >= 0.6 is 0 Å². The van der Waals surface area contributed by atoms with Crippen molar-refractivity contribution < 1.29 is 88.0 Å². The fourth-order valence-electron chi connectivity index (χ4n) is 5.63. The summed E-state index contributed by atoms with van der Waals surface area (Å²) in [5.74, 6) is -8.06. The van der Waals surface area contributed by atoms with Crippen LogP contribution < -0.4 is 16.0 Å². The van der Waals surface area contributed by atoms with Crippen molar-refractivity contribution in [3.05, 3.63) is 0 Å². The Balaban J connectivity index is 2.33. The first kappa shape index (κ1) is 52.8. The standard InChI is InChI=1S/C35H59N7O18/c43-27(36-7-2-1-3-25(33(53)54)38-35(57)60-26(34(55)56)4-5-29(45)46)6-17-58-19-20-59-18-8-37-28(44)21-39-9-11-40(22-30(47)48)13-15-42(24-32(51)52)16-14-41(12-10-39)23-31(49)50/h25-26H,1-24H2,(H,36,43)(H,37,44)(H,38,57)(H,45,46)(H,47,48)(H,49,50)(H,51,52)(H,53,54)(H,55,56). The number of hydrogen-bond donors (Lipinski definition) is 9. The molecule has 0 aromatic carbocycles. The molecule has 0 aliphatic carbocycles. The molecule has 342 valence electrons. The number of carbonyl (C=O) groups is 9. The monoisotopic (exact) mass is 865 g/mol. The van der Waals surface area contributed by atoms with E-state index in [0.29, 0.717) is 19.5 Å². The number of aliphatic carboxylic acids is 6. The lowest BCUT2D eigenvalue weighted by Gasteiger charge is -2.32. The van der Waals surface area contributed by atoms with Gasteiger partial charge in [0.2, 0.25) is 17.9 Å². The summed E-state index contributed by atoms with van der Waals surface area (Å²) in [6.07, 6.45) is -3.55. The van der Waals surface area contributed by atoms with Crippen molar-refractivity contribution in [1.29, 1.82) is 0 Å². The van der Waals surface area contributed by atoms with Crippen LogP contribution in [0.25, 0.3) is 0 Å². The maximum Gasteiger partial charge on any atom is 0.408 e. The Bertz CT molecular complexity index is 1370. The molecule has 1 fully saturated rings. The van der Waals surface area contributed by atoms with Gasteiger partial charge in [-0.2, -0.15) is 0 Å². The molecule has 25 heteroatoms. The Morgan fingerprint density at radius 1 is 0.483 bits per heavy atom. The summed E-state index contributed by atoms with van der Waals surface area (Å²) < 4.78 is 15.5. The lowest BCUT2D eigenvalue weighted by atomic mass is 10.1. The largest absolute Gasteiger partial charge is 0.481 e. The van der Waals surface area contributed by atoms with Crippen molar-refractivity contribution in [2.45, 2.75) is 50.7 Å². The molecule has 1 aliphatic rings. The van der Waals surface area contributed by atoms with Gasteiger partial charge in [-0.25, -0.2) is 14.4 Å². The second-order valence-corrected chi connectivity index (χ2v) is 13.7.